The Morgan fingerprint density at radius 3 is 2.62 bits per heavy atom. The molecule has 2 N–H and O–H groups in total. The third kappa shape index (κ3) is 4.03. The number of halogens is 2. The highest BCUT2D eigenvalue weighted by molar-refractivity contribution is 6.07. The van der Waals surface area contributed by atoms with E-state index in [1.54, 1.807) is 43.6 Å². The molecule has 1 aromatic carbocycles. The Morgan fingerprint density at radius 1 is 1.10 bits per heavy atom. The molecular formula is C20H16F2N6O. The molecule has 0 bridgehead atoms. The first-order chi connectivity index (χ1) is 14.0. The predicted molar refractivity (Wildman–Crippen MR) is 104 cm³/mol. The van der Waals surface area contributed by atoms with Crippen molar-refractivity contribution >= 4 is 23.2 Å². The molecule has 0 radical (unpaired) electrons. The summed E-state index contributed by atoms with van der Waals surface area (Å²) in [5.74, 6) is -0.860. The van der Waals surface area contributed by atoms with Gasteiger partial charge in [0.1, 0.15) is 28.8 Å². The van der Waals surface area contributed by atoms with Gasteiger partial charge in [0.15, 0.2) is 5.65 Å². The number of fused-ring (bicyclic) bond motifs is 1. The summed E-state index contributed by atoms with van der Waals surface area (Å²) in [6.45, 7) is 1.76. The maximum absolute atomic E-state index is 13.5. The van der Waals surface area contributed by atoms with Gasteiger partial charge in [0.05, 0.1) is 12.2 Å². The Morgan fingerprint density at radius 2 is 1.90 bits per heavy atom. The van der Waals surface area contributed by atoms with Crippen LogP contribution >= 0.6 is 0 Å². The highest BCUT2D eigenvalue weighted by Gasteiger charge is 2.16. The first kappa shape index (κ1) is 18.5. The number of nitrogens with zero attached hydrogens (tertiary/aromatic N) is 4. The number of carbonyl (C=O) groups excluding carboxylic acids is 1. The summed E-state index contributed by atoms with van der Waals surface area (Å²) in [6, 6.07) is 9.75. The number of hydrogen-bond acceptors (Lipinski definition) is 5. The molecule has 1 atom stereocenters. The Kier molecular flexibility index (Phi) is 4.86. The molecule has 9 heteroatoms. The lowest BCUT2D eigenvalue weighted by Crippen LogP contribution is -2.13. The van der Waals surface area contributed by atoms with E-state index in [0.717, 1.165) is 6.07 Å². The number of amides is 1. The molecule has 0 aliphatic rings. The van der Waals surface area contributed by atoms with Crippen LogP contribution in [0.2, 0.25) is 0 Å². The highest BCUT2D eigenvalue weighted by atomic mass is 19.1. The van der Waals surface area contributed by atoms with Crippen molar-refractivity contribution in [3.05, 3.63) is 83.8 Å². The zero-order chi connectivity index (χ0) is 20.4. The second kappa shape index (κ2) is 7.63. The lowest BCUT2D eigenvalue weighted by molar-refractivity contribution is 0.102. The SMILES string of the molecule is CC(Nc1ccn2ncc(C(=O)Nc3ccccn3)c2n1)c1cc(F)cc(F)c1. The van der Waals surface area contributed by atoms with Crippen LogP contribution in [0.4, 0.5) is 20.4 Å². The minimum Gasteiger partial charge on any atom is -0.363 e. The van der Waals surface area contributed by atoms with Crippen LogP contribution < -0.4 is 10.6 Å². The number of anilines is 2. The van der Waals surface area contributed by atoms with Crippen molar-refractivity contribution in [3.8, 4) is 0 Å². The Bertz CT molecular complexity index is 1160. The van der Waals surface area contributed by atoms with Gasteiger partial charge in [0, 0.05) is 18.5 Å². The molecule has 4 aromatic rings. The molecule has 0 spiro atoms. The van der Waals surface area contributed by atoms with E-state index in [-0.39, 0.29) is 5.56 Å². The normalized spacial score (nSPS) is 12.0. The van der Waals surface area contributed by atoms with Crippen LogP contribution in [0, 0.1) is 11.6 Å². The lowest BCUT2D eigenvalue weighted by Gasteiger charge is -2.15. The number of benzene rings is 1. The van der Waals surface area contributed by atoms with E-state index in [1.807, 2.05) is 0 Å². The van der Waals surface area contributed by atoms with Gasteiger partial charge in [-0.15, -0.1) is 0 Å². The van der Waals surface area contributed by atoms with E-state index in [0.29, 0.717) is 22.8 Å². The first-order valence-corrected chi connectivity index (χ1v) is 8.79. The lowest BCUT2D eigenvalue weighted by atomic mass is 10.1. The molecule has 0 aliphatic heterocycles. The largest absolute Gasteiger partial charge is 0.363 e. The molecule has 7 nitrogen and oxygen atoms in total. The summed E-state index contributed by atoms with van der Waals surface area (Å²) in [4.78, 5) is 21.1. The fourth-order valence-electron chi connectivity index (χ4n) is 2.86. The van der Waals surface area contributed by atoms with Crippen LogP contribution in [0.5, 0.6) is 0 Å². The molecule has 0 aliphatic carbocycles. The number of carbonyl (C=O) groups is 1. The van der Waals surface area contributed by atoms with Crippen LogP contribution in [0.15, 0.2) is 61.1 Å². The van der Waals surface area contributed by atoms with E-state index >= 15 is 0 Å². The Balaban J connectivity index is 1.58. The van der Waals surface area contributed by atoms with Crippen LogP contribution in [0.25, 0.3) is 5.65 Å². The van der Waals surface area contributed by atoms with Gasteiger partial charge in [-0.2, -0.15) is 5.10 Å². The fourth-order valence-corrected chi connectivity index (χ4v) is 2.86. The molecule has 146 valence electrons. The number of hydrogen-bond donors (Lipinski definition) is 2. The molecular weight excluding hydrogens is 378 g/mol. The molecule has 0 fully saturated rings. The Labute approximate surface area is 164 Å². The predicted octanol–water partition coefficient (Wildman–Crippen LogP) is 3.83. The van der Waals surface area contributed by atoms with Gasteiger partial charge in [0.25, 0.3) is 5.91 Å². The molecule has 3 heterocycles. The topological polar surface area (TPSA) is 84.2 Å². The molecule has 1 amide bonds. The third-order valence-corrected chi connectivity index (χ3v) is 4.27. The van der Waals surface area contributed by atoms with Crippen LogP contribution in [-0.4, -0.2) is 25.5 Å². The maximum Gasteiger partial charge on any atom is 0.262 e. The van der Waals surface area contributed by atoms with Crippen molar-refractivity contribution in [2.24, 2.45) is 0 Å². The molecule has 0 saturated carbocycles. The van der Waals surface area contributed by atoms with E-state index in [9.17, 15) is 13.6 Å². The third-order valence-electron chi connectivity index (χ3n) is 4.27. The van der Waals surface area contributed by atoms with Gasteiger partial charge in [-0.25, -0.2) is 23.3 Å². The molecule has 0 saturated heterocycles. The molecule has 3 aromatic heterocycles. The zero-order valence-corrected chi connectivity index (χ0v) is 15.3. The van der Waals surface area contributed by atoms with Crippen molar-refractivity contribution in [2.45, 2.75) is 13.0 Å². The Hall–Kier alpha value is -3.88. The van der Waals surface area contributed by atoms with Crippen molar-refractivity contribution in [2.75, 3.05) is 10.6 Å². The second-order valence-corrected chi connectivity index (χ2v) is 6.38. The van der Waals surface area contributed by atoms with Gasteiger partial charge < -0.3 is 10.6 Å². The maximum atomic E-state index is 13.5. The summed E-state index contributed by atoms with van der Waals surface area (Å²) >= 11 is 0. The van der Waals surface area contributed by atoms with Crippen LogP contribution in [0.1, 0.15) is 28.9 Å². The van der Waals surface area contributed by atoms with Gasteiger partial charge in [-0.1, -0.05) is 6.07 Å². The monoisotopic (exact) mass is 394 g/mol. The van der Waals surface area contributed by atoms with Crippen molar-refractivity contribution < 1.29 is 13.6 Å². The average Bonchev–Trinajstić information content (AvgIpc) is 3.11. The van der Waals surface area contributed by atoms with E-state index in [4.69, 9.17) is 0 Å². The van der Waals surface area contributed by atoms with E-state index < -0.39 is 23.6 Å². The second-order valence-electron chi connectivity index (χ2n) is 6.38. The van der Waals surface area contributed by atoms with Crippen molar-refractivity contribution in [3.63, 3.8) is 0 Å². The molecule has 29 heavy (non-hydrogen) atoms. The fraction of sp³-hybridized carbons (Fsp3) is 0.100. The van der Waals surface area contributed by atoms with Gasteiger partial charge in [-0.05, 0) is 42.8 Å². The summed E-state index contributed by atoms with van der Waals surface area (Å²) in [6.07, 6.45) is 4.62. The average molecular weight is 394 g/mol. The summed E-state index contributed by atoms with van der Waals surface area (Å²) in [7, 11) is 0. The summed E-state index contributed by atoms with van der Waals surface area (Å²) in [5, 5.41) is 9.90. The number of aromatic nitrogens is 4. The van der Waals surface area contributed by atoms with Gasteiger partial charge >= 0.3 is 0 Å². The summed E-state index contributed by atoms with van der Waals surface area (Å²) < 4.78 is 28.4. The van der Waals surface area contributed by atoms with Crippen LogP contribution in [0.3, 0.4) is 0 Å². The zero-order valence-electron chi connectivity index (χ0n) is 15.3. The number of nitrogens with one attached hydrogen (secondary N) is 2. The van der Waals surface area contributed by atoms with Gasteiger partial charge in [0.2, 0.25) is 0 Å². The molecule has 1 unspecified atom stereocenters. The number of rotatable bonds is 5. The quantitative estimate of drug-likeness (QED) is 0.538. The van der Waals surface area contributed by atoms with Crippen molar-refractivity contribution in [1.29, 1.82) is 0 Å². The summed E-state index contributed by atoms with van der Waals surface area (Å²) in [5.41, 5.74) is 1.04. The van der Waals surface area contributed by atoms with E-state index in [2.05, 4.69) is 25.7 Å². The minimum absolute atomic E-state index is 0.267. The van der Waals surface area contributed by atoms with Gasteiger partial charge in [-0.3, -0.25) is 4.79 Å². The first-order valence-electron chi connectivity index (χ1n) is 8.79. The van der Waals surface area contributed by atoms with Crippen molar-refractivity contribution in [1.82, 2.24) is 19.6 Å². The molecule has 4 rings (SSSR count). The van der Waals surface area contributed by atoms with E-state index in [1.165, 1.54) is 22.8 Å². The minimum atomic E-state index is -0.652. The standard InChI is InChI=1S/C20H16F2N6O/c1-12(13-8-14(21)10-15(22)9-13)25-18-5-7-28-19(26-18)16(11-24-28)20(29)27-17-4-2-3-6-23-17/h2-12H,1H3,(H,25,26)(H,23,27,29). The highest BCUT2D eigenvalue weighted by Crippen LogP contribution is 2.21. The number of pyridine rings is 1. The van der Waals surface area contributed by atoms with Crippen LogP contribution in [-0.2, 0) is 0 Å². The smallest absolute Gasteiger partial charge is 0.262 e.